The minimum absolute atomic E-state index is 0. The Morgan fingerprint density at radius 3 is 2.92 bits per heavy atom. The fourth-order valence-electron chi connectivity index (χ4n) is 0.935. The summed E-state index contributed by atoms with van der Waals surface area (Å²) in [5.74, 6) is 0. The van der Waals surface area contributed by atoms with Crippen molar-refractivity contribution < 1.29 is 0 Å². The van der Waals surface area contributed by atoms with E-state index >= 15 is 0 Å². The van der Waals surface area contributed by atoms with Crippen LogP contribution in [-0.4, -0.2) is 6.21 Å². The summed E-state index contributed by atoms with van der Waals surface area (Å²) in [4.78, 5) is 5.47. The van der Waals surface area contributed by atoms with Gasteiger partial charge < -0.3 is 0 Å². The third-order valence-corrected chi connectivity index (χ3v) is 2.33. The molecule has 0 bridgehead atoms. The van der Waals surface area contributed by atoms with Crippen LogP contribution in [0.5, 0.6) is 0 Å². The van der Waals surface area contributed by atoms with Crippen molar-refractivity contribution in [3.63, 3.8) is 0 Å². The SMILES string of the molecule is C1=CSc2ccccc2N=C1.Cl. The van der Waals surface area contributed by atoms with Crippen LogP contribution in [0.2, 0.25) is 0 Å². The van der Waals surface area contributed by atoms with Gasteiger partial charge in [0.15, 0.2) is 0 Å². The van der Waals surface area contributed by atoms with Gasteiger partial charge in [-0.3, -0.25) is 4.99 Å². The van der Waals surface area contributed by atoms with E-state index in [-0.39, 0.29) is 12.4 Å². The highest BCUT2D eigenvalue weighted by molar-refractivity contribution is 8.02. The van der Waals surface area contributed by atoms with Gasteiger partial charge in [0.1, 0.15) is 0 Å². The number of rotatable bonds is 0. The summed E-state index contributed by atoms with van der Waals surface area (Å²) in [7, 11) is 0. The van der Waals surface area contributed by atoms with Gasteiger partial charge in [0.25, 0.3) is 0 Å². The van der Waals surface area contributed by atoms with Gasteiger partial charge in [-0.1, -0.05) is 23.9 Å². The summed E-state index contributed by atoms with van der Waals surface area (Å²) in [6.45, 7) is 0. The van der Waals surface area contributed by atoms with E-state index in [9.17, 15) is 0 Å². The first-order valence-corrected chi connectivity index (χ1v) is 4.30. The van der Waals surface area contributed by atoms with E-state index in [0.29, 0.717) is 0 Å². The van der Waals surface area contributed by atoms with Crippen molar-refractivity contribution in [2.45, 2.75) is 4.90 Å². The molecule has 0 aromatic heterocycles. The number of fused-ring (bicyclic) bond motifs is 1. The van der Waals surface area contributed by atoms with Crippen LogP contribution in [0.4, 0.5) is 5.69 Å². The molecule has 0 amide bonds. The molecule has 0 aliphatic carbocycles. The number of halogens is 1. The minimum Gasteiger partial charge on any atom is -0.256 e. The number of aliphatic imine (C=N–C) groups is 1. The Bertz CT molecular complexity index is 320. The van der Waals surface area contributed by atoms with Crippen LogP contribution in [-0.2, 0) is 0 Å². The maximum atomic E-state index is 4.25. The molecule has 2 rings (SSSR count). The van der Waals surface area contributed by atoms with Gasteiger partial charge in [-0.2, -0.15) is 0 Å². The number of benzene rings is 1. The van der Waals surface area contributed by atoms with Crippen LogP contribution in [0.25, 0.3) is 0 Å². The van der Waals surface area contributed by atoms with Crippen molar-refractivity contribution in [1.29, 1.82) is 0 Å². The monoisotopic (exact) mass is 197 g/mol. The molecule has 1 heterocycles. The number of nitrogens with zero attached hydrogens (tertiary/aromatic N) is 1. The Morgan fingerprint density at radius 1 is 1.17 bits per heavy atom. The van der Waals surface area contributed by atoms with Gasteiger partial charge in [0.05, 0.1) is 5.69 Å². The first kappa shape index (κ1) is 9.36. The number of hydrogen-bond acceptors (Lipinski definition) is 2. The smallest absolute Gasteiger partial charge is 0.0768 e. The molecule has 0 fully saturated rings. The van der Waals surface area contributed by atoms with Gasteiger partial charge in [0, 0.05) is 11.1 Å². The topological polar surface area (TPSA) is 12.4 Å². The standard InChI is InChI=1S/C9H7NS.ClH/c1-2-5-9-8(4-1)10-6-3-7-11-9;/h1-7H;1H. The summed E-state index contributed by atoms with van der Waals surface area (Å²) < 4.78 is 0. The molecule has 62 valence electrons. The molecule has 1 aromatic rings. The number of hydrogen-bond donors (Lipinski definition) is 0. The van der Waals surface area contributed by atoms with E-state index in [1.165, 1.54) is 4.90 Å². The first-order valence-electron chi connectivity index (χ1n) is 3.42. The molecule has 0 unspecified atom stereocenters. The summed E-state index contributed by atoms with van der Waals surface area (Å²) in [6.07, 6.45) is 3.77. The van der Waals surface area contributed by atoms with Crippen molar-refractivity contribution in [3.05, 3.63) is 35.7 Å². The lowest BCUT2D eigenvalue weighted by atomic mass is 10.3. The predicted octanol–water partition coefficient (Wildman–Crippen LogP) is 3.43. The van der Waals surface area contributed by atoms with Gasteiger partial charge in [-0.05, 0) is 23.6 Å². The molecular formula is C9H8ClNS. The Hall–Kier alpha value is -0.730. The second-order valence-corrected chi connectivity index (χ2v) is 3.14. The first-order chi connectivity index (χ1) is 5.47. The van der Waals surface area contributed by atoms with Gasteiger partial charge in [-0.15, -0.1) is 12.4 Å². The molecule has 3 heteroatoms. The van der Waals surface area contributed by atoms with Gasteiger partial charge in [0.2, 0.25) is 0 Å². The lowest BCUT2D eigenvalue weighted by Gasteiger charge is -1.97. The zero-order valence-electron chi connectivity index (χ0n) is 6.31. The van der Waals surface area contributed by atoms with Crippen LogP contribution < -0.4 is 0 Å². The molecule has 0 atom stereocenters. The maximum absolute atomic E-state index is 4.25. The molecular weight excluding hydrogens is 190 g/mol. The van der Waals surface area contributed by atoms with Crippen molar-refractivity contribution in [2.24, 2.45) is 4.99 Å². The van der Waals surface area contributed by atoms with Gasteiger partial charge in [-0.25, -0.2) is 0 Å². The van der Waals surface area contributed by atoms with E-state index in [4.69, 9.17) is 0 Å². The highest BCUT2D eigenvalue weighted by Gasteiger charge is 1.98. The second-order valence-electron chi connectivity index (χ2n) is 2.19. The van der Waals surface area contributed by atoms with Crippen molar-refractivity contribution in [2.75, 3.05) is 0 Å². The average Bonchev–Trinajstić information content (AvgIpc) is 2.28. The van der Waals surface area contributed by atoms with E-state index < -0.39 is 0 Å². The van der Waals surface area contributed by atoms with Crippen LogP contribution in [0, 0.1) is 0 Å². The van der Waals surface area contributed by atoms with Gasteiger partial charge >= 0.3 is 0 Å². The Kier molecular flexibility index (Phi) is 3.38. The second kappa shape index (κ2) is 4.33. The molecule has 0 N–H and O–H groups in total. The zero-order valence-corrected chi connectivity index (χ0v) is 7.94. The fraction of sp³-hybridized carbons (Fsp3) is 0. The van der Waals surface area contributed by atoms with Crippen LogP contribution in [0.1, 0.15) is 0 Å². The van der Waals surface area contributed by atoms with Crippen molar-refractivity contribution in [3.8, 4) is 0 Å². The fourth-order valence-corrected chi connectivity index (χ4v) is 1.63. The normalized spacial score (nSPS) is 13.0. The van der Waals surface area contributed by atoms with E-state index in [1.54, 1.807) is 11.8 Å². The van der Waals surface area contributed by atoms with Crippen LogP contribution in [0.3, 0.4) is 0 Å². The molecule has 0 saturated carbocycles. The highest BCUT2D eigenvalue weighted by atomic mass is 35.5. The molecule has 0 spiro atoms. The number of para-hydroxylation sites is 1. The molecule has 0 radical (unpaired) electrons. The molecule has 1 aliphatic heterocycles. The Balaban J connectivity index is 0.000000720. The predicted molar refractivity (Wildman–Crippen MR) is 56.8 cm³/mol. The summed E-state index contributed by atoms with van der Waals surface area (Å²) in [5, 5.41) is 2.04. The maximum Gasteiger partial charge on any atom is 0.0768 e. The van der Waals surface area contributed by atoms with E-state index in [2.05, 4.69) is 11.1 Å². The molecule has 0 saturated heterocycles. The molecule has 1 nitrogen and oxygen atoms in total. The third-order valence-electron chi connectivity index (χ3n) is 1.44. The quantitative estimate of drug-likeness (QED) is 0.621. The summed E-state index contributed by atoms with van der Waals surface area (Å²) >= 11 is 1.70. The highest BCUT2D eigenvalue weighted by Crippen LogP contribution is 2.30. The Morgan fingerprint density at radius 2 is 2.00 bits per heavy atom. The van der Waals surface area contributed by atoms with Crippen LogP contribution in [0.15, 0.2) is 45.6 Å². The van der Waals surface area contributed by atoms with Crippen molar-refractivity contribution in [1.82, 2.24) is 0 Å². The Labute approximate surface area is 82.0 Å². The van der Waals surface area contributed by atoms with E-state index in [1.807, 2.05) is 35.9 Å². The summed E-state index contributed by atoms with van der Waals surface area (Å²) in [6, 6.07) is 8.13. The van der Waals surface area contributed by atoms with Crippen molar-refractivity contribution >= 4 is 36.1 Å². The molecule has 12 heavy (non-hydrogen) atoms. The van der Waals surface area contributed by atoms with Crippen LogP contribution >= 0.6 is 24.2 Å². The minimum atomic E-state index is 0. The molecule has 1 aromatic carbocycles. The number of thioether (sulfide) groups is 1. The zero-order chi connectivity index (χ0) is 7.52. The average molecular weight is 198 g/mol. The lowest BCUT2D eigenvalue weighted by molar-refractivity contribution is 1.39. The number of allylic oxidation sites excluding steroid dienone is 1. The summed E-state index contributed by atoms with van der Waals surface area (Å²) in [5.41, 5.74) is 1.06. The largest absolute Gasteiger partial charge is 0.256 e. The molecule has 1 aliphatic rings. The lowest BCUT2D eigenvalue weighted by Crippen LogP contribution is -1.68. The third kappa shape index (κ3) is 1.90. The van der Waals surface area contributed by atoms with E-state index in [0.717, 1.165) is 5.69 Å².